The molecule has 0 bridgehead atoms. The van der Waals surface area contributed by atoms with Gasteiger partial charge in [-0.2, -0.15) is 0 Å². The number of carbonyl (C=O) groups excluding carboxylic acids is 3. The maximum Gasteiger partial charge on any atom is 0.334 e. The molecule has 35 heavy (non-hydrogen) atoms. The molecule has 0 radical (unpaired) electrons. The second kappa shape index (κ2) is 10.6. The fraction of sp³-hybridized carbons (Fsp3) is 0.346. The van der Waals surface area contributed by atoms with E-state index in [9.17, 15) is 14.4 Å². The molecule has 9 heteroatoms. The van der Waals surface area contributed by atoms with Crippen LogP contribution in [0, 0.1) is 0 Å². The van der Waals surface area contributed by atoms with E-state index in [1.165, 1.54) is 14.2 Å². The zero-order chi connectivity index (χ0) is 25.1. The Hall–Kier alpha value is -3.14. The Morgan fingerprint density at radius 2 is 1.54 bits per heavy atom. The molecule has 0 aromatic heterocycles. The van der Waals surface area contributed by atoms with Gasteiger partial charge in [0.2, 0.25) is 0 Å². The van der Waals surface area contributed by atoms with E-state index in [4.69, 9.17) is 9.47 Å². The molecule has 8 nitrogen and oxygen atoms in total. The maximum absolute atomic E-state index is 13.3. The summed E-state index contributed by atoms with van der Waals surface area (Å²) >= 11 is 1.60. The highest BCUT2D eigenvalue weighted by Gasteiger charge is 2.42. The van der Waals surface area contributed by atoms with E-state index in [0.717, 1.165) is 42.7 Å². The first kappa shape index (κ1) is 25.0. The minimum atomic E-state index is -0.650. The number of imide groups is 2. The molecule has 2 aromatic rings. The molecule has 0 spiro atoms. The molecule has 0 saturated carbocycles. The second-order valence-electron chi connectivity index (χ2n) is 8.20. The smallest absolute Gasteiger partial charge is 0.334 e. The number of carbonyl (C=O) groups is 3. The molecule has 2 heterocycles. The van der Waals surface area contributed by atoms with Crippen molar-refractivity contribution in [2.45, 2.75) is 18.7 Å². The van der Waals surface area contributed by atoms with Gasteiger partial charge in [-0.15, -0.1) is 0 Å². The number of hydrogen-bond donors (Lipinski definition) is 0. The number of methoxy groups -OCH3 is 2. The van der Waals surface area contributed by atoms with Crippen molar-refractivity contribution in [3.63, 3.8) is 0 Å². The van der Waals surface area contributed by atoms with Crippen molar-refractivity contribution in [2.75, 3.05) is 52.0 Å². The van der Waals surface area contributed by atoms with Crippen molar-refractivity contribution < 1.29 is 23.9 Å². The van der Waals surface area contributed by atoms with Gasteiger partial charge in [0, 0.05) is 31.0 Å². The quantitative estimate of drug-likeness (QED) is 0.404. The summed E-state index contributed by atoms with van der Waals surface area (Å²) in [6, 6.07) is 11.8. The summed E-state index contributed by atoms with van der Waals surface area (Å²) in [7, 11) is 2.99. The monoisotopic (exact) mass is 495 g/mol. The first-order valence-corrected chi connectivity index (χ1v) is 12.3. The van der Waals surface area contributed by atoms with Gasteiger partial charge < -0.3 is 14.4 Å². The van der Waals surface area contributed by atoms with Gasteiger partial charge in [0.25, 0.3) is 11.8 Å². The summed E-state index contributed by atoms with van der Waals surface area (Å²) < 4.78 is 10.2. The van der Waals surface area contributed by atoms with Gasteiger partial charge in [-0.25, -0.2) is 4.79 Å². The molecule has 2 aliphatic rings. The van der Waals surface area contributed by atoms with E-state index < -0.39 is 17.8 Å². The summed E-state index contributed by atoms with van der Waals surface area (Å²) in [6.07, 6.45) is 1.87. The third-order valence-corrected chi connectivity index (χ3v) is 7.18. The minimum Gasteiger partial charge on any atom is -0.383 e. The van der Waals surface area contributed by atoms with E-state index >= 15 is 0 Å². The lowest BCUT2D eigenvalue weighted by molar-refractivity contribution is -0.136. The van der Waals surface area contributed by atoms with Crippen LogP contribution in [0.4, 0.5) is 10.5 Å². The molecule has 1 saturated heterocycles. The van der Waals surface area contributed by atoms with Crippen molar-refractivity contribution >= 4 is 46.1 Å². The Morgan fingerprint density at radius 3 is 2.14 bits per heavy atom. The summed E-state index contributed by atoms with van der Waals surface area (Å²) in [6.45, 7) is 5.02. The average molecular weight is 496 g/mol. The average Bonchev–Trinajstić information content (AvgIpc) is 3.21. The molecule has 0 unspecified atom stereocenters. The van der Waals surface area contributed by atoms with Gasteiger partial charge >= 0.3 is 6.03 Å². The highest BCUT2D eigenvalue weighted by Crippen LogP contribution is 2.49. The third kappa shape index (κ3) is 4.59. The number of rotatable bonds is 8. The van der Waals surface area contributed by atoms with Crippen LogP contribution in [0.1, 0.15) is 13.8 Å². The van der Waals surface area contributed by atoms with E-state index in [-0.39, 0.29) is 31.9 Å². The normalized spacial score (nSPS) is 17.3. The highest BCUT2D eigenvalue weighted by atomic mass is 32.2. The summed E-state index contributed by atoms with van der Waals surface area (Å²) in [5.74, 6) is -1.21. The molecule has 0 atom stereocenters. The largest absolute Gasteiger partial charge is 0.383 e. The number of allylic oxidation sites excluding steroid dienone is 2. The van der Waals surface area contributed by atoms with Crippen LogP contribution >= 0.6 is 11.8 Å². The number of urea groups is 1. The Labute approximate surface area is 209 Å². The number of anilines is 1. The van der Waals surface area contributed by atoms with Gasteiger partial charge in [-0.3, -0.25) is 19.4 Å². The number of hydrogen-bond acceptors (Lipinski definition) is 7. The Kier molecular flexibility index (Phi) is 7.59. The molecule has 0 N–H and O–H groups in total. The molecular formula is C26H29N3O5S. The van der Waals surface area contributed by atoms with Crippen LogP contribution in [0.2, 0.25) is 0 Å². The van der Waals surface area contributed by atoms with Crippen molar-refractivity contribution in [1.82, 2.24) is 9.80 Å². The number of amides is 4. The fourth-order valence-corrected chi connectivity index (χ4v) is 5.57. The lowest BCUT2D eigenvalue weighted by Crippen LogP contribution is -2.58. The van der Waals surface area contributed by atoms with Crippen LogP contribution in [0.25, 0.3) is 10.8 Å². The standard InChI is InChI=1S/C26H29N3O5S/c1-5-27-21(35-20-11-10-18-8-6-7-9-19(18)23(20)27)16-17(2)22-24(30)28(12-14-33-3)26(32)29(25(22)31)13-15-34-4/h6-11,16H,5,12-15H2,1-4H3/b21-16-. The zero-order valence-electron chi connectivity index (χ0n) is 20.4. The Balaban J connectivity index is 1.76. The second-order valence-corrected chi connectivity index (χ2v) is 9.26. The van der Waals surface area contributed by atoms with Crippen LogP contribution in [0.3, 0.4) is 0 Å². The molecular weight excluding hydrogens is 466 g/mol. The summed E-state index contributed by atoms with van der Waals surface area (Å²) in [5, 5.41) is 3.23. The van der Waals surface area contributed by atoms with E-state index in [2.05, 4.69) is 36.1 Å². The number of thioether (sulfide) groups is 1. The third-order valence-electron chi connectivity index (χ3n) is 6.08. The topological polar surface area (TPSA) is 79.4 Å². The van der Waals surface area contributed by atoms with Gasteiger partial charge in [-0.1, -0.05) is 42.1 Å². The number of fused-ring (bicyclic) bond motifs is 3. The van der Waals surface area contributed by atoms with Crippen LogP contribution in [0.15, 0.2) is 63.5 Å². The van der Waals surface area contributed by atoms with E-state index in [1.54, 1.807) is 18.7 Å². The lowest BCUT2D eigenvalue weighted by atomic mass is 10.0. The predicted molar refractivity (Wildman–Crippen MR) is 136 cm³/mol. The van der Waals surface area contributed by atoms with Crippen molar-refractivity contribution in [1.29, 1.82) is 0 Å². The summed E-state index contributed by atoms with van der Waals surface area (Å²) in [4.78, 5) is 44.9. The highest BCUT2D eigenvalue weighted by molar-refractivity contribution is 8.03. The van der Waals surface area contributed by atoms with Crippen LogP contribution in [-0.4, -0.2) is 74.7 Å². The predicted octanol–water partition coefficient (Wildman–Crippen LogP) is 4.01. The molecule has 0 aliphatic carbocycles. The first-order chi connectivity index (χ1) is 16.9. The van der Waals surface area contributed by atoms with Crippen molar-refractivity contribution in [3.8, 4) is 0 Å². The van der Waals surface area contributed by atoms with E-state index in [0.29, 0.717) is 5.57 Å². The zero-order valence-corrected chi connectivity index (χ0v) is 21.2. The molecule has 1 fully saturated rings. The number of nitrogens with zero attached hydrogens (tertiary/aromatic N) is 3. The van der Waals surface area contributed by atoms with Gasteiger partial charge in [0.15, 0.2) is 0 Å². The summed E-state index contributed by atoms with van der Waals surface area (Å²) in [5.41, 5.74) is 1.62. The lowest BCUT2D eigenvalue weighted by Gasteiger charge is -2.34. The number of barbiturate groups is 1. The van der Waals surface area contributed by atoms with Crippen molar-refractivity contribution in [3.05, 3.63) is 58.6 Å². The molecule has 4 rings (SSSR count). The van der Waals surface area contributed by atoms with Crippen LogP contribution in [-0.2, 0) is 19.1 Å². The first-order valence-electron chi connectivity index (χ1n) is 11.5. The fourth-order valence-electron chi connectivity index (χ4n) is 4.33. The Morgan fingerprint density at radius 1 is 0.914 bits per heavy atom. The molecule has 184 valence electrons. The minimum absolute atomic E-state index is 0.0122. The molecule has 4 amide bonds. The Bertz CT molecular complexity index is 1210. The maximum atomic E-state index is 13.3. The molecule has 2 aromatic carbocycles. The molecule has 2 aliphatic heterocycles. The number of ether oxygens (including phenoxy) is 2. The SMILES string of the molecule is CCN1/C(=C/C(C)=C2C(=O)N(CCOC)C(=O)N(CCOC)C2=O)Sc2ccc3ccccc3c21. The van der Waals surface area contributed by atoms with Gasteiger partial charge in [0.1, 0.15) is 5.57 Å². The van der Waals surface area contributed by atoms with Crippen molar-refractivity contribution in [2.24, 2.45) is 0 Å². The van der Waals surface area contributed by atoms with Gasteiger partial charge in [-0.05, 0) is 36.9 Å². The number of benzene rings is 2. The van der Waals surface area contributed by atoms with Gasteiger partial charge in [0.05, 0.1) is 37.0 Å². The van der Waals surface area contributed by atoms with Crippen LogP contribution < -0.4 is 4.90 Å². The van der Waals surface area contributed by atoms with Crippen LogP contribution in [0.5, 0.6) is 0 Å². The van der Waals surface area contributed by atoms with E-state index in [1.807, 2.05) is 18.2 Å².